The molecule has 1 fully saturated rings. The second kappa shape index (κ2) is 7.55. The van der Waals surface area contributed by atoms with Gasteiger partial charge in [-0.15, -0.1) is 0 Å². The number of anilines is 1. The molecule has 1 spiro atoms. The highest BCUT2D eigenvalue weighted by molar-refractivity contribution is 6.31. The molecular formula is C26H20ClFN2O4. The number of likely N-dealkylation sites (N-methyl/N-ethyl adjacent to an activating group) is 1. The lowest BCUT2D eigenvalue weighted by Crippen LogP contribution is -2.51. The standard InChI is InChI=1S/C26H20ClFN2O4/c1-30-12-18(14-2-6-17(28)7-3-14)23(24(31)15-4-9-21-22(10-15)34-13-33-21)26(30)19-11-16(27)5-8-20(19)29-25(26)32/h2-11,18,23H,12-13H2,1H3,(H,29,32). The van der Waals surface area contributed by atoms with Crippen molar-refractivity contribution in [3.8, 4) is 11.5 Å². The van der Waals surface area contributed by atoms with Crippen LogP contribution in [0.15, 0.2) is 60.7 Å². The number of amides is 1. The number of nitrogens with zero attached hydrogens (tertiary/aromatic N) is 1. The zero-order valence-electron chi connectivity index (χ0n) is 18.2. The molecule has 3 aromatic carbocycles. The van der Waals surface area contributed by atoms with Crippen LogP contribution in [0.25, 0.3) is 0 Å². The minimum Gasteiger partial charge on any atom is -0.454 e. The van der Waals surface area contributed by atoms with Gasteiger partial charge in [-0.3, -0.25) is 14.5 Å². The molecule has 0 radical (unpaired) electrons. The third-order valence-electron chi connectivity index (χ3n) is 7.15. The first kappa shape index (κ1) is 21.1. The normalized spacial score (nSPS) is 25.0. The molecule has 0 bridgehead atoms. The molecule has 172 valence electrons. The highest BCUT2D eigenvalue weighted by atomic mass is 35.5. The minimum absolute atomic E-state index is 0.0928. The quantitative estimate of drug-likeness (QED) is 0.558. The Morgan fingerprint density at radius 2 is 1.85 bits per heavy atom. The number of hydrogen-bond donors (Lipinski definition) is 1. The molecule has 1 saturated heterocycles. The Kier molecular flexibility index (Phi) is 4.69. The van der Waals surface area contributed by atoms with Gasteiger partial charge in [-0.2, -0.15) is 0 Å². The largest absolute Gasteiger partial charge is 0.454 e. The molecule has 3 atom stereocenters. The smallest absolute Gasteiger partial charge is 0.250 e. The first-order valence-corrected chi connectivity index (χ1v) is 11.3. The number of hydrogen-bond acceptors (Lipinski definition) is 5. The van der Waals surface area contributed by atoms with Crippen molar-refractivity contribution in [1.29, 1.82) is 0 Å². The first-order valence-electron chi connectivity index (χ1n) is 10.9. The molecule has 3 aromatic rings. The van der Waals surface area contributed by atoms with Crippen molar-refractivity contribution >= 4 is 29.0 Å². The van der Waals surface area contributed by atoms with E-state index >= 15 is 0 Å². The van der Waals surface area contributed by atoms with Gasteiger partial charge in [-0.1, -0.05) is 23.7 Å². The van der Waals surface area contributed by atoms with Gasteiger partial charge < -0.3 is 14.8 Å². The first-order chi connectivity index (χ1) is 16.4. The summed E-state index contributed by atoms with van der Waals surface area (Å²) in [5, 5.41) is 3.43. The Bertz CT molecular complexity index is 1350. The van der Waals surface area contributed by atoms with Crippen molar-refractivity contribution in [1.82, 2.24) is 4.90 Å². The lowest BCUT2D eigenvalue weighted by Gasteiger charge is -2.35. The predicted octanol–water partition coefficient (Wildman–Crippen LogP) is 4.58. The number of fused-ring (bicyclic) bond motifs is 3. The van der Waals surface area contributed by atoms with Gasteiger partial charge in [-0.25, -0.2) is 4.39 Å². The fraction of sp³-hybridized carbons (Fsp3) is 0.231. The third-order valence-corrected chi connectivity index (χ3v) is 7.38. The summed E-state index contributed by atoms with van der Waals surface area (Å²) in [5.41, 5.74) is 1.22. The van der Waals surface area contributed by atoms with Crippen LogP contribution in [-0.2, 0) is 10.3 Å². The summed E-state index contributed by atoms with van der Waals surface area (Å²) in [7, 11) is 1.83. The van der Waals surface area contributed by atoms with E-state index in [4.69, 9.17) is 21.1 Å². The fourth-order valence-corrected chi connectivity index (χ4v) is 5.82. The maximum atomic E-state index is 14.2. The van der Waals surface area contributed by atoms with Crippen LogP contribution in [0.2, 0.25) is 5.02 Å². The number of likely N-dealkylation sites (tertiary alicyclic amines) is 1. The SMILES string of the molecule is CN1CC(c2ccc(F)cc2)C(C(=O)c2ccc3c(c2)OCO3)C12C(=O)Nc1ccc(Cl)cc12. The van der Waals surface area contributed by atoms with E-state index in [1.165, 1.54) is 12.1 Å². The van der Waals surface area contributed by atoms with Crippen molar-refractivity contribution < 1.29 is 23.5 Å². The Morgan fingerprint density at radius 1 is 1.09 bits per heavy atom. The number of Topliss-reactive ketones (excluding diaryl/α,β-unsaturated/α-hetero) is 1. The molecule has 3 unspecified atom stereocenters. The van der Waals surface area contributed by atoms with Crippen molar-refractivity contribution in [3.05, 3.63) is 88.2 Å². The van der Waals surface area contributed by atoms with Crippen LogP contribution in [0, 0.1) is 11.7 Å². The second-order valence-corrected chi connectivity index (χ2v) is 9.30. The number of ketones is 1. The van der Waals surface area contributed by atoms with Crippen LogP contribution < -0.4 is 14.8 Å². The molecule has 0 aliphatic carbocycles. The summed E-state index contributed by atoms with van der Waals surface area (Å²) < 4.78 is 24.6. The monoisotopic (exact) mass is 478 g/mol. The molecular weight excluding hydrogens is 459 g/mol. The zero-order valence-corrected chi connectivity index (χ0v) is 18.9. The van der Waals surface area contributed by atoms with Gasteiger partial charge in [0.15, 0.2) is 17.3 Å². The molecule has 34 heavy (non-hydrogen) atoms. The summed E-state index contributed by atoms with van der Waals surface area (Å²) in [4.78, 5) is 29.8. The third kappa shape index (κ3) is 2.90. The molecule has 1 amide bonds. The average Bonchev–Trinajstić information content (AvgIpc) is 3.49. The Morgan fingerprint density at radius 3 is 2.65 bits per heavy atom. The summed E-state index contributed by atoms with van der Waals surface area (Å²) >= 11 is 6.34. The maximum Gasteiger partial charge on any atom is 0.250 e. The van der Waals surface area contributed by atoms with E-state index in [0.717, 1.165) is 5.56 Å². The van der Waals surface area contributed by atoms with Gasteiger partial charge in [0.1, 0.15) is 11.4 Å². The van der Waals surface area contributed by atoms with E-state index in [1.807, 2.05) is 11.9 Å². The van der Waals surface area contributed by atoms with E-state index in [0.29, 0.717) is 39.9 Å². The summed E-state index contributed by atoms with van der Waals surface area (Å²) in [5.74, 6) is -0.943. The number of carbonyl (C=O) groups is 2. The van der Waals surface area contributed by atoms with Gasteiger partial charge in [0, 0.05) is 34.3 Å². The number of nitrogens with one attached hydrogen (secondary N) is 1. The van der Waals surface area contributed by atoms with Crippen molar-refractivity contribution in [2.75, 3.05) is 25.7 Å². The van der Waals surface area contributed by atoms with Crippen LogP contribution >= 0.6 is 11.6 Å². The maximum absolute atomic E-state index is 14.2. The highest BCUT2D eigenvalue weighted by Crippen LogP contribution is 2.56. The van der Waals surface area contributed by atoms with E-state index in [9.17, 15) is 14.0 Å². The van der Waals surface area contributed by atoms with Crippen molar-refractivity contribution in [2.45, 2.75) is 11.5 Å². The van der Waals surface area contributed by atoms with Crippen LogP contribution in [0.3, 0.4) is 0 Å². The van der Waals surface area contributed by atoms with Crippen LogP contribution in [0.5, 0.6) is 11.5 Å². The Balaban J connectivity index is 1.55. The van der Waals surface area contributed by atoms with Crippen LogP contribution in [0.4, 0.5) is 10.1 Å². The van der Waals surface area contributed by atoms with Gasteiger partial charge >= 0.3 is 0 Å². The van der Waals surface area contributed by atoms with Crippen molar-refractivity contribution in [2.24, 2.45) is 5.92 Å². The van der Waals surface area contributed by atoms with Crippen molar-refractivity contribution in [3.63, 3.8) is 0 Å². The fourth-order valence-electron chi connectivity index (χ4n) is 5.65. The summed E-state index contributed by atoms with van der Waals surface area (Å²) in [6.07, 6.45) is 0. The van der Waals surface area contributed by atoms with Gasteiger partial charge in [0.05, 0.1) is 5.92 Å². The minimum atomic E-state index is -1.27. The van der Waals surface area contributed by atoms with Crippen LogP contribution in [0.1, 0.15) is 27.4 Å². The zero-order chi connectivity index (χ0) is 23.6. The summed E-state index contributed by atoms with van der Waals surface area (Å²) in [6, 6.07) is 16.4. The van der Waals surface area contributed by atoms with Gasteiger partial charge in [0.2, 0.25) is 12.7 Å². The molecule has 3 aliphatic rings. The molecule has 8 heteroatoms. The van der Waals surface area contributed by atoms with E-state index in [-0.39, 0.29) is 30.2 Å². The van der Waals surface area contributed by atoms with E-state index in [1.54, 1.807) is 48.5 Å². The topological polar surface area (TPSA) is 67.9 Å². The number of rotatable bonds is 3. The molecule has 3 aliphatic heterocycles. The average molecular weight is 479 g/mol. The lowest BCUT2D eigenvalue weighted by atomic mass is 9.70. The number of benzene rings is 3. The van der Waals surface area contributed by atoms with Gasteiger partial charge in [-0.05, 0) is 61.1 Å². The summed E-state index contributed by atoms with van der Waals surface area (Å²) in [6.45, 7) is 0.515. The highest BCUT2D eigenvalue weighted by Gasteiger charge is 2.64. The number of ether oxygens (including phenoxy) is 2. The van der Waals surface area contributed by atoms with Crippen LogP contribution in [-0.4, -0.2) is 37.0 Å². The molecule has 6 rings (SSSR count). The Hall–Kier alpha value is -3.42. The predicted molar refractivity (Wildman–Crippen MR) is 124 cm³/mol. The molecule has 3 heterocycles. The van der Waals surface area contributed by atoms with Gasteiger partial charge in [0.25, 0.3) is 0 Å². The molecule has 0 saturated carbocycles. The Labute approximate surface area is 200 Å². The number of halogens is 2. The molecule has 0 aromatic heterocycles. The molecule has 1 N–H and O–H groups in total. The van der Waals surface area contributed by atoms with E-state index < -0.39 is 11.5 Å². The number of carbonyl (C=O) groups excluding carboxylic acids is 2. The lowest BCUT2D eigenvalue weighted by molar-refractivity contribution is -0.126. The second-order valence-electron chi connectivity index (χ2n) is 8.86. The van der Waals surface area contributed by atoms with E-state index in [2.05, 4.69) is 5.32 Å². The molecule has 6 nitrogen and oxygen atoms in total.